The van der Waals surface area contributed by atoms with Gasteiger partial charge in [0, 0.05) is 37.8 Å². The third-order valence-electron chi connectivity index (χ3n) is 4.59. The molecule has 0 bridgehead atoms. The fourth-order valence-corrected chi connectivity index (χ4v) is 3.38. The summed E-state index contributed by atoms with van der Waals surface area (Å²) in [4.78, 5) is 2.07. The van der Waals surface area contributed by atoms with E-state index in [1.165, 1.54) is 0 Å². The molecule has 0 aromatic heterocycles. The first-order chi connectivity index (χ1) is 10.9. The van der Waals surface area contributed by atoms with E-state index in [-0.39, 0.29) is 11.6 Å². The fourth-order valence-electron chi connectivity index (χ4n) is 3.15. The number of rotatable bonds is 4. The number of piperazine rings is 1. The van der Waals surface area contributed by atoms with E-state index in [2.05, 4.69) is 10.2 Å². The minimum absolute atomic E-state index is 0.0821. The van der Waals surface area contributed by atoms with Gasteiger partial charge >= 0.3 is 6.18 Å². The molecule has 23 heavy (non-hydrogen) atoms. The van der Waals surface area contributed by atoms with Gasteiger partial charge < -0.3 is 5.32 Å². The topological polar surface area (TPSA) is 15.3 Å². The van der Waals surface area contributed by atoms with Crippen molar-refractivity contribution in [3.05, 3.63) is 34.1 Å². The lowest BCUT2D eigenvalue weighted by Gasteiger charge is -2.36. The molecule has 1 heterocycles. The zero-order chi connectivity index (χ0) is 16.6. The first-order valence-electron chi connectivity index (χ1n) is 7.87. The molecule has 7 heteroatoms. The van der Waals surface area contributed by atoms with E-state index in [0.717, 1.165) is 32.0 Å². The van der Waals surface area contributed by atoms with E-state index < -0.39 is 22.6 Å². The largest absolute Gasteiger partial charge is 0.416 e. The third-order valence-corrected chi connectivity index (χ3v) is 4.86. The minimum atomic E-state index is -4.53. The van der Waals surface area contributed by atoms with E-state index in [0.29, 0.717) is 31.5 Å². The van der Waals surface area contributed by atoms with Gasteiger partial charge in [0.25, 0.3) is 0 Å². The summed E-state index contributed by atoms with van der Waals surface area (Å²) in [6.45, 7) is 2.92. The summed E-state index contributed by atoms with van der Waals surface area (Å²) in [5.41, 5.74) is -0.798. The van der Waals surface area contributed by atoms with Gasteiger partial charge in [-0.25, -0.2) is 4.39 Å². The molecule has 1 aromatic rings. The SMILES string of the molecule is Fc1c(Cl)cc(C(F)(F)F)cc1[C@@H](CC1CC1)N1CCNCC1. The van der Waals surface area contributed by atoms with Crippen LogP contribution in [0, 0.1) is 11.7 Å². The van der Waals surface area contributed by atoms with Crippen molar-refractivity contribution in [2.75, 3.05) is 26.2 Å². The molecule has 1 atom stereocenters. The Kier molecular flexibility index (Phi) is 4.85. The summed E-state index contributed by atoms with van der Waals surface area (Å²) < 4.78 is 53.7. The van der Waals surface area contributed by atoms with Gasteiger partial charge in [0.2, 0.25) is 0 Å². The van der Waals surface area contributed by atoms with Gasteiger partial charge in [0.15, 0.2) is 0 Å². The molecule has 1 aromatic carbocycles. The number of benzene rings is 1. The van der Waals surface area contributed by atoms with Crippen LogP contribution in [-0.2, 0) is 6.18 Å². The molecule has 2 fully saturated rings. The maximum absolute atomic E-state index is 14.5. The lowest BCUT2D eigenvalue weighted by atomic mass is 9.96. The van der Waals surface area contributed by atoms with E-state index in [9.17, 15) is 17.6 Å². The Bertz CT molecular complexity index is 566. The van der Waals surface area contributed by atoms with E-state index in [1.54, 1.807) is 0 Å². The van der Waals surface area contributed by atoms with Crippen molar-refractivity contribution in [2.24, 2.45) is 5.92 Å². The monoisotopic (exact) mass is 350 g/mol. The summed E-state index contributed by atoms with van der Waals surface area (Å²) >= 11 is 5.75. The molecular weight excluding hydrogens is 332 g/mol. The van der Waals surface area contributed by atoms with Crippen LogP contribution in [0.2, 0.25) is 5.02 Å². The van der Waals surface area contributed by atoms with Crippen LogP contribution in [0.3, 0.4) is 0 Å². The van der Waals surface area contributed by atoms with Gasteiger partial charge in [0.05, 0.1) is 10.6 Å². The van der Waals surface area contributed by atoms with Crippen molar-refractivity contribution in [1.29, 1.82) is 0 Å². The van der Waals surface area contributed by atoms with Gasteiger partial charge in [-0.1, -0.05) is 24.4 Å². The predicted octanol–water partition coefficient (Wildman–Crippen LogP) is 4.24. The van der Waals surface area contributed by atoms with Crippen LogP contribution in [0.25, 0.3) is 0 Å². The van der Waals surface area contributed by atoms with Crippen molar-refractivity contribution in [2.45, 2.75) is 31.5 Å². The molecule has 2 nitrogen and oxygen atoms in total. The number of hydrogen-bond donors (Lipinski definition) is 1. The molecule has 3 rings (SSSR count). The van der Waals surface area contributed by atoms with Gasteiger partial charge in [0.1, 0.15) is 5.82 Å². The Morgan fingerprint density at radius 2 is 1.87 bits per heavy atom. The standard InChI is InChI=1S/C16H19ClF4N2/c17-13-9-11(16(19,20)21)8-12(15(13)18)14(7-10-1-2-10)23-5-3-22-4-6-23/h8-10,14,22H,1-7H2/t14-/m1/s1. The molecule has 0 amide bonds. The molecule has 0 spiro atoms. The average Bonchev–Trinajstić information content (AvgIpc) is 3.32. The number of halogens is 5. The van der Waals surface area contributed by atoms with Gasteiger partial charge in [-0.2, -0.15) is 13.2 Å². The molecule has 1 saturated heterocycles. The molecule has 2 aliphatic rings. The van der Waals surface area contributed by atoms with Crippen LogP contribution in [0.4, 0.5) is 17.6 Å². The number of hydrogen-bond acceptors (Lipinski definition) is 2. The first-order valence-corrected chi connectivity index (χ1v) is 8.25. The van der Waals surface area contributed by atoms with Gasteiger partial charge in [-0.3, -0.25) is 4.90 Å². The highest BCUT2D eigenvalue weighted by molar-refractivity contribution is 6.30. The van der Waals surface area contributed by atoms with Crippen LogP contribution in [0.1, 0.15) is 36.4 Å². The molecule has 1 aliphatic carbocycles. The Hall–Kier alpha value is -0.850. The summed E-state index contributed by atoms with van der Waals surface area (Å²) in [5.74, 6) is -0.244. The Morgan fingerprint density at radius 1 is 1.22 bits per heavy atom. The molecule has 0 unspecified atom stereocenters. The highest BCUT2D eigenvalue weighted by Gasteiger charge is 2.36. The van der Waals surface area contributed by atoms with Crippen LogP contribution in [0.5, 0.6) is 0 Å². The third kappa shape index (κ3) is 3.98. The van der Waals surface area contributed by atoms with E-state index in [4.69, 9.17) is 11.6 Å². The second-order valence-electron chi connectivity index (χ2n) is 6.34. The van der Waals surface area contributed by atoms with Crippen LogP contribution in [0.15, 0.2) is 12.1 Å². The normalized spacial score (nSPS) is 21.4. The number of alkyl halides is 3. The van der Waals surface area contributed by atoms with E-state index in [1.807, 2.05) is 0 Å². The second-order valence-corrected chi connectivity index (χ2v) is 6.75. The maximum atomic E-state index is 14.5. The lowest BCUT2D eigenvalue weighted by Crippen LogP contribution is -2.45. The predicted molar refractivity (Wildman–Crippen MR) is 80.9 cm³/mol. The Labute approximate surface area is 137 Å². The fraction of sp³-hybridized carbons (Fsp3) is 0.625. The zero-order valence-electron chi connectivity index (χ0n) is 12.6. The average molecular weight is 351 g/mol. The smallest absolute Gasteiger partial charge is 0.314 e. The molecular formula is C16H19ClF4N2. The zero-order valence-corrected chi connectivity index (χ0v) is 13.4. The van der Waals surface area contributed by atoms with Crippen LogP contribution >= 0.6 is 11.6 Å². The first kappa shape index (κ1) is 17.0. The summed E-state index contributed by atoms with van der Waals surface area (Å²) in [5, 5.41) is 2.76. The van der Waals surface area contributed by atoms with Crippen molar-refractivity contribution in [3.63, 3.8) is 0 Å². The van der Waals surface area contributed by atoms with Crippen LogP contribution < -0.4 is 5.32 Å². The Morgan fingerprint density at radius 3 is 2.43 bits per heavy atom. The molecule has 1 N–H and O–H groups in total. The minimum Gasteiger partial charge on any atom is -0.314 e. The number of nitrogens with one attached hydrogen (secondary N) is 1. The summed E-state index contributed by atoms with van der Waals surface area (Å²) in [6, 6.07) is 1.27. The van der Waals surface area contributed by atoms with Crippen molar-refractivity contribution in [3.8, 4) is 0 Å². The quantitative estimate of drug-likeness (QED) is 0.817. The molecule has 128 valence electrons. The Balaban J connectivity index is 1.98. The highest BCUT2D eigenvalue weighted by atomic mass is 35.5. The molecule has 1 aliphatic heterocycles. The maximum Gasteiger partial charge on any atom is 0.416 e. The van der Waals surface area contributed by atoms with Crippen LogP contribution in [-0.4, -0.2) is 31.1 Å². The van der Waals surface area contributed by atoms with Gasteiger partial charge in [-0.05, 0) is 24.5 Å². The molecule has 1 saturated carbocycles. The van der Waals surface area contributed by atoms with E-state index >= 15 is 0 Å². The number of nitrogens with zero attached hydrogens (tertiary/aromatic N) is 1. The summed E-state index contributed by atoms with van der Waals surface area (Å²) in [6.07, 6.45) is -1.71. The van der Waals surface area contributed by atoms with Gasteiger partial charge in [-0.15, -0.1) is 0 Å². The van der Waals surface area contributed by atoms with Crippen molar-refractivity contribution in [1.82, 2.24) is 10.2 Å². The van der Waals surface area contributed by atoms with Crippen molar-refractivity contribution < 1.29 is 17.6 Å². The lowest BCUT2D eigenvalue weighted by molar-refractivity contribution is -0.137. The second kappa shape index (κ2) is 6.57. The van der Waals surface area contributed by atoms with Crippen molar-refractivity contribution >= 4 is 11.6 Å². The highest BCUT2D eigenvalue weighted by Crippen LogP contribution is 2.43. The molecule has 0 radical (unpaired) electrons. The summed E-state index contributed by atoms with van der Waals surface area (Å²) in [7, 11) is 0.